The number of hydrogen-bond acceptors (Lipinski definition) is 3. The highest BCUT2D eigenvalue weighted by molar-refractivity contribution is 6.30. The van der Waals surface area contributed by atoms with Crippen molar-refractivity contribution in [2.45, 2.75) is 0 Å². The maximum absolute atomic E-state index is 13.4. The Morgan fingerprint density at radius 3 is 2.60 bits per heavy atom. The first kappa shape index (κ1) is 14.0. The van der Waals surface area contributed by atoms with Gasteiger partial charge in [0.15, 0.2) is 0 Å². The van der Waals surface area contributed by atoms with Crippen LogP contribution in [0.15, 0.2) is 42.5 Å². The predicted molar refractivity (Wildman–Crippen MR) is 72.5 cm³/mol. The molecule has 2 aromatic carbocycles. The first-order chi connectivity index (χ1) is 9.47. The van der Waals surface area contributed by atoms with Crippen LogP contribution in [0.25, 0.3) is 0 Å². The van der Waals surface area contributed by atoms with Crippen molar-refractivity contribution >= 4 is 28.9 Å². The smallest absolute Gasteiger partial charge is 0.304 e. The van der Waals surface area contributed by atoms with Crippen molar-refractivity contribution in [1.82, 2.24) is 0 Å². The molecule has 0 spiro atoms. The molecule has 20 heavy (non-hydrogen) atoms. The number of amides is 1. The molecular formula is C13H8ClFN2O3. The van der Waals surface area contributed by atoms with Gasteiger partial charge in [0, 0.05) is 22.3 Å². The Morgan fingerprint density at radius 2 is 2.00 bits per heavy atom. The molecule has 0 aromatic heterocycles. The van der Waals surface area contributed by atoms with E-state index in [0.717, 1.165) is 12.1 Å². The largest absolute Gasteiger partial charge is 0.322 e. The summed E-state index contributed by atoms with van der Waals surface area (Å²) in [7, 11) is 0. The minimum atomic E-state index is -1.06. The second kappa shape index (κ2) is 5.66. The second-order valence-corrected chi connectivity index (χ2v) is 4.32. The van der Waals surface area contributed by atoms with Crippen molar-refractivity contribution in [2.24, 2.45) is 0 Å². The average molecular weight is 295 g/mol. The highest BCUT2D eigenvalue weighted by Gasteiger charge is 2.16. The number of nitro groups is 1. The predicted octanol–water partition coefficient (Wildman–Crippen LogP) is 3.64. The molecule has 0 saturated carbocycles. The number of nitrogens with one attached hydrogen (secondary N) is 1. The third kappa shape index (κ3) is 3.10. The molecule has 1 amide bonds. The summed E-state index contributed by atoms with van der Waals surface area (Å²) in [5.41, 5.74) is -0.251. The summed E-state index contributed by atoms with van der Waals surface area (Å²) in [5, 5.41) is 13.4. The van der Waals surface area contributed by atoms with E-state index in [1.165, 1.54) is 12.1 Å². The molecule has 5 nitrogen and oxygen atoms in total. The Hall–Kier alpha value is -2.47. The van der Waals surface area contributed by atoms with E-state index in [1.807, 2.05) is 0 Å². The van der Waals surface area contributed by atoms with E-state index in [1.54, 1.807) is 18.2 Å². The molecule has 2 rings (SSSR count). The molecule has 0 unspecified atom stereocenters. The number of nitrogens with zero attached hydrogens (tertiary/aromatic N) is 1. The molecule has 0 aliphatic carbocycles. The molecule has 7 heteroatoms. The van der Waals surface area contributed by atoms with Gasteiger partial charge in [-0.15, -0.1) is 0 Å². The summed E-state index contributed by atoms with van der Waals surface area (Å²) in [6.45, 7) is 0. The fourth-order valence-electron chi connectivity index (χ4n) is 1.57. The molecule has 0 aliphatic heterocycles. The molecular weight excluding hydrogens is 287 g/mol. The van der Waals surface area contributed by atoms with Gasteiger partial charge in [0.25, 0.3) is 5.91 Å². The van der Waals surface area contributed by atoms with Crippen LogP contribution in [0, 0.1) is 15.9 Å². The lowest BCUT2D eigenvalue weighted by atomic mass is 10.2. The number of anilines is 1. The summed E-state index contributed by atoms with van der Waals surface area (Å²) in [4.78, 5) is 21.5. The topological polar surface area (TPSA) is 72.2 Å². The Balaban J connectivity index is 2.22. The zero-order valence-corrected chi connectivity index (χ0v) is 10.7. The Labute approximate surface area is 118 Å². The molecule has 0 aliphatic rings. The Bertz CT molecular complexity index is 691. The van der Waals surface area contributed by atoms with E-state index in [2.05, 4.69) is 5.32 Å². The highest BCUT2D eigenvalue weighted by atomic mass is 35.5. The first-order valence-corrected chi connectivity index (χ1v) is 5.86. The van der Waals surface area contributed by atoms with Crippen molar-refractivity contribution < 1.29 is 14.1 Å². The zero-order valence-electron chi connectivity index (χ0n) is 9.97. The lowest BCUT2D eigenvalue weighted by Crippen LogP contribution is -2.12. The van der Waals surface area contributed by atoms with Gasteiger partial charge < -0.3 is 5.32 Å². The van der Waals surface area contributed by atoms with Crippen LogP contribution in [0.3, 0.4) is 0 Å². The number of halogens is 2. The normalized spacial score (nSPS) is 10.1. The number of benzene rings is 2. The van der Waals surface area contributed by atoms with Crippen LogP contribution < -0.4 is 5.32 Å². The average Bonchev–Trinajstić information content (AvgIpc) is 2.38. The maximum Gasteiger partial charge on any atom is 0.304 e. The third-order valence-electron chi connectivity index (χ3n) is 2.49. The number of carbonyl (C=O) groups is 1. The van der Waals surface area contributed by atoms with Gasteiger partial charge in [-0.1, -0.05) is 17.7 Å². The molecule has 102 valence electrons. The SMILES string of the molecule is O=C(Nc1cccc(Cl)c1)c1ccc([N+](=O)[O-])c(F)c1. The quantitative estimate of drug-likeness (QED) is 0.694. The van der Waals surface area contributed by atoms with Crippen molar-refractivity contribution in [1.29, 1.82) is 0 Å². The maximum atomic E-state index is 13.4. The number of hydrogen-bond donors (Lipinski definition) is 1. The van der Waals surface area contributed by atoms with Crippen molar-refractivity contribution in [3.8, 4) is 0 Å². The Morgan fingerprint density at radius 1 is 1.25 bits per heavy atom. The van der Waals surface area contributed by atoms with Gasteiger partial charge in [-0.05, 0) is 30.3 Å². The van der Waals surface area contributed by atoms with Gasteiger partial charge in [0.1, 0.15) is 0 Å². The molecule has 2 aromatic rings. The van der Waals surface area contributed by atoms with Crippen LogP contribution in [0.2, 0.25) is 5.02 Å². The van der Waals surface area contributed by atoms with Crippen LogP contribution >= 0.6 is 11.6 Å². The molecule has 0 atom stereocenters. The minimum absolute atomic E-state index is 0.0203. The first-order valence-electron chi connectivity index (χ1n) is 5.48. The van der Waals surface area contributed by atoms with Crippen LogP contribution in [0.4, 0.5) is 15.8 Å². The van der Waals surface area contributed by atoms with Gasteiger partial charge in [-0.2, -0.15) is 4.39 Å². The number of carbonyl (C=O) groups excluding carboxylic acids is 1. The van der Waals surface area contributed by atoms with Crippen LogP contribution in [-0.2, 0) is 0 Å². The lowest BCUT2D eigenvalue weighted by molar-refractivity contribution is -0.387. The van der Waals surface area contributed by atoms with E-state index in [0.29, 0.717) is 10.7 Å². The summed E-state index contributed by atoms with van der Waals surface area (Å²) in [5.74, 6) is -1.64. The van der Waals surface area contributed by atoms with Crippen LogP contribution in [0.5, 0.6) is 0 Å². The van der Waals surface area contributed by atoms with E-state index in [-0.39, 0.29) is 5.56 Å². The molecule has 0 radical (unpaired) electrons. The van der Waals surface area contributed by atoms with Crippen molar-refractivity contribution in [3.63, 3.8) is 0 Å². The van der Waals surface area contributed by atoms with Crippen LogP contribution in [-0.4, -0.2) is 10.8 Å². The molecule has 1 N–H and O–H groups in total. The standard InChI is InChI=1S/C13H8ClFN2O3/c14-9-2-1-3-10(7-9)16-13(18)8-4-5-12(17(19)20)11(15)6-8/h1-7H,(H,16,18). The second-order valence-electron chi connectivity index (χ2n) is 3.89. The van der Waals surface area contributed by atoms with Crippen molar-refractivity contribution in [2.75, 3.05) is 5.32 Å². The van der Waals surface area contributed by atoms with Crippen LogP contribution in [0.1, 0.15) is 10.4 Å². The monoisotopic (exact) mass is 294 g/mol. The lowest BCUT2D eigenvalue weighted by Gasteiger charge is -2.05. The van der Waals surface area contributed by atoms with Gasteiger partial charge in [0.05, 0.1) is 4.92 Å². The highest BCUT2D eigenvalue weighted by Crippen LogP contribution is 2.20. The number of rotatable bonds is 3. The van der Waals surface area contributed by atoms with Gasteiger partial charge in [0.2, 0.25) is 5.82 Å². The van der Waals surface area contributed by atoms with Gasteiger partial charge in [-0.3, -0.25) is 14.9 Å². The summed E-state index contributed by atoms with van der Waals surface area (Å²) >= 11 is 5.77. The molecule has 0 saturated heterocycles. The zero-order chi connectivity index (χ0) is 14.7. The Kier molecular flexibility index (Phi) is 3.95. The van der Waals surface area contributed by atoms with E-state index >= 15 is 0 Å². The van der Waals surface area contributed by atoms with Gasteiger partial charge in [-0.25, -0.2) is 0 Å². The fourth-order valence-corrected chi connectivity index (χ4v) is 1.76. The minimum Gasteiger partial charge on any atom is -0.322 e. The summed E-state index contributed by atoms with van der Waals surface area (Å²) < 4.78 is 13.4. The number of nitro benzene ring substituents is 1. The van der Waals surface area contributed by atoms with E-state index in [4.69, 9.17) is 11.6 Å². The van der Waals surface area contributed by atoms with Crippen molar-refractivity contribution in [3.05, 3.63) is 69.0 Å². The fraction of sp³-hybridized carbons (Fsp3) is 0. The molecule has 0 fully saturated rings. The summed E-state index contributed by atoms with van der Waals surface area (Å²) in [6, 6.07) is 9.38. The molecule has 0 bridgehead atoms. The van der Waals surface area contributed by atoms with Gasteiger partial charge >= 0.3 is 5.69 Å². The van der Waals surface area contributed by atoms with E-state index in [9.17, 15) is 19.3 Å². The molecule has 0 heterocycles. The van der Waals surface area contributed by atoms with E-state index < -0.39 is 22.3 Å². The third-order valence-corrected chi connectivity index (χ3v) is 2.72. The summed E-state index contributed by atoms with van der Waals surface area (Å²) in [6.07, 6.45) is 0.